The van der Waals surface area contributed by atoms with Gasteiger partial charge in [-0.05, 0) is 18.3 Å². The summed E-state index contributed by atoms with van der Waals surface area (Å²) in [5.74, 6) is -1.01. The minimum atomic E-state index is -0.704. The minimum absolute atomic E-state index is 0.104. The molecule has 0 fully saturated rings. The summed E-state index contributed by atoms with van der Waals surface area (Å²) in [5, 5.41) is 9.03. The number of aliphatic carboxylic acids is 1. The molecule has 2 heteroatoms. The predicted octanol–water partition coefficient (Wildman–Crippen LogP) is 3.01. The van der Waals surface area contributed by atoms with Crippen molar-refractivity contribution in [1.82, 2.24) is 0 Å². The molecule has 0 heterocycles. The topological polar surface area (TPSA) is 37.3 Å². The molecule has 1 unspecified atom stereocenters. The molecule has 2 nitrogen and oxygen atoms in total. The number of hydrogen-bond donors (Lipinski definition) is 1. The van der Waals surface area contributed by atoms with E-state index in [1.54, 1.807) is 0 Å². The molecule has 78 valence electrons. The molecule has 1 N–H and O–H groups in total. The Bertz CT molecular complexity index is 285. The summed E-state index contributed by atoms with van der Waals surface area (Å²) in [7, 11) is 0. The highest BCUT2D eigenvalue weighted by Gasteiger charge is 2.26. The zero-order valence-corrected chi connectivity index (χ0v) is 9.08. The lowest BCUT2D eigenvalue weighted by molar-refractivity contribution is -0.140. The van der Waals surface area contributed by atoms with Gasteiger partial charge in [-0.3, -0.25) is 4.79 Å². The summed E-state index contributed by atoms with van der Waals surface area (Å²) in [4.78, 5) is 11.0. The normalized spacial score (nSPS) is 21.5. The van der Waals surface area contributed by atoms with Gasteiger partial charge in [0.05, 0.1) is 5.92 Å². The Morgan fingerprint density at radius 1 is 1.64 bits per heavy atom. The Morgan fingerprint density at radius 3 is 2.71 bits per heavy atom. The average molecular weight is 194 g/mol. The molecule has 14 heavy (non-hydrogen) atoms. The van der Waals surface area contributed by atoms with Crippen molar-refractivity contribution < 1.29 is 9.90 Å². The third-order valence-electron chi connectivity index (χ3n) is 2.67. The third kappa shape index (κ3) is 2.47. The largest absolute Gasteiger partial charge is 0.481 e. The Labute approximate surface area is 85.3 Å². The van der Waals surface area contributed by atoms with Gasteiger partial charge in [0.15, 0.2) is 0 Å². The number of carboxylic acid groups (broad SMARTS) is 1. The number of carbonyl (C=O) groups is 1. The van der Waals surface area contributed by atoms with Crippen LogP contribution in [0.2, 0.25) is 0 Å². The molecule has 0 bridgehead atoms. The molecular weight excluding hydrogens is 176 g/mol. The summed E-state index contributed by atoms with van der Waals surface area (Å²) < 4.78 is 0. The van der Waals surface area contributed by atoms with Crippen LogP contribution in [0.3, 0.4) is 0 Å². The van der Waals surface area contributed by atoms with Gasteiger partial charge in [-0.25, -0.2) is 0 Å². The molecular formula is C12H18O2. The quantitative estimate of drug-likeness (QED) is 0.749. The van der Waals surface area contributed by atoms with Crippen LogP contribution in [-0.2, 0) is 4.79 Å². The second kappa shape index (κ2) is 3.99. The Morgan fingerprint density at radius 2 is 2.29 bits per heavy atom. The van der Waals surface area contributed by atoms with Crippen molar-refractivity contribution in [2.45, 2.75) is 33.6 Å². The number of rotatable bonds is 3. The van der Waals surface area contributed by atoms with Crippen molar-refractivity contribution in [1.29, 1.82) is 0 Å². The lowest BCUT2D eigenvalue weighted by Gasteiger charge is -2.27. The van der Waals surface area contributed by atoms with E-state index in [0.717, 1.165) is 12.0 Å². The standard InChI is InChI=1S/C12H18O2/c1-4-10(11(13)14)9-6-5-7-12(2,3)8-9/h5-7,10H,4,8H2,1-3H3,(H,13,14). The van der Waals surface area contributed by atoms with Crippen molar-refractivity contribution in [2.75, 3.05) is 0 Å². The fourth-order valence-corrected chi connectivity index (χ4v) is 1.91. The molecule has 0 spiro atoms. The Balaban J connectivity index is 2.83. The molecule has 1 atom stereocenters. The summed E-state index contributed by atoms with van der Waals surface area (Å²) in [6.07, 6.45) is 7.59. The third-order valence-corrected chi connectivity index (χ3v) is 2.67. The predicted molar refractivity (Wildman–Crippen MR) is 57.0 cm³/mol. The van der Waals surface area contributed by atoms with E-state index in [0.29, 0.717) is 6.42 Å². The zero-order valence-electron chi connectivity index (χ0n) is 9.08. The molecule has 0 aromatic heterocycles. The highest BCUT2D eigenvalue weighted by Crippen LogP contribution is 2.34. The van der Waals surface area contributed by atoms with Crippen LogP contribution >= 0.6 is 0 Å². The maximum Gasteiger partial charge on any atom is 0.310 e. The smallest absolute Gasteiger partial charge is 0.310 e. The van der Waals surface area contributed by atoms with Crippen molar-refractivity contribution in [2.24, 2.45) is 11.3 Å². The molecule has 1 aliphatic rings. The van der Waals surface area contributed by atoms with Crippen LogP contribution < -0.4 is 0 Å². The summed E-state index contributed by atoms with van der Waals surface area (Å²) in [6.45, 7) is 6.18. The zero-order chi connectivity index (χ0) is 10.8. The van der Waals surface area contributed by atoms with Crippen LogP contribution in [0.1, 0.15) is 33.6 Å². The van der Waals surface area contributed by atoms with Gasteiger partial charge in [0.25, 0.3) is 0 Å². The summed E-state index contributed by atoms with van der Waals surface area (Å²) >= 11 is 0. The van der Waals surface area contributed by atoms with Crippen molar-refractivity contribution in [3.8, 4) is 0 Å². The van der Waals surface area contributed by atoms with E-state index >= 15 is 0 Å². The molecule has 0 radical (unpaired) electrons. The second-order valence-corrected chi connectivity index (χ2v) is 4.57. The number of allylic oxidation sites excluding steroid dienone is 3. The molecule has 0 aliphatic heterocycles. The van der Waals surface area contributed by atoms with Crippen LogP contribution in [0, 0.1) is 11.3 Å². The van der Waals surface area contributed by atoms with E-state index < -0.39 is 5.97 Å². The van der Waals surface area contributed by atoms with Gasteiger partial charge >= 0.3 is 5.97 Å². The van der Waals surface area contributed by atoms with E-state index in [1.165, 1.54) is 0 Å². The summed E-state index contributed by atoms with van der Waals surface area (Å²) in [6, 6.07) is 0. The monoisotopic (exact) mass is 194 g/mol. The Kier molecular flexibility index (Phi) is 3.14. The molecule has 1 aliphatic carbocycles. The van der Waals surface area contributed by atoms with Crippen LogP contribution in [0.4, 0.5) is 0 Å². The fourth-order valence-electron chi connectivity index (χ4n) is 1.91. The van der Waals surface area contributed by atoms with E-state index in [2.05, 4.69) is 19.9 Å². The van der Waals surface area contributed by atoms with Crippen LogP contribution in [0.5, 0.6) is 0 Å². The van der Waals surface area contributed by atoms with Gasteiger partial charge in [0, 0.05) is 0 Å². The molecule has 1 rings (SSSR count). The van der Waals surface area contributed by atoms with E-state index in [1.807, 2.05) is 19.1 Å². The molecule has 0 saturated heterocycles. The van der Waals surface area contributed by atoms with Gasteiger partial charge in [0.1, 0.15) is 0 Å². The van der Waals surface area contributed by atoms with Crippen molar-refractivity contribution in [3.63, 3.8) is 0 Å². The number of hydrogen-bond acceptors (Lipinski definition) is 1. The molecule has 0 amide bonds. The molecule has 0 saturated carbocycles. The van der Waals surface area contributed by atoms with E-state index in [-0.39, 0.29) is 11.3 Å². The molecule has 0 aromatic rings. The SMILES string of the molecule is CCC(C(=O)O)C1=CC=CC(C)(C)C1. The van der Waals surface area contributed by atoms with E-state index in [9.17, 15) is 4.79 Å². The highest BCUT2D eigenvalue weighted by atomic mass is 16.4. The van der Waals surface area contributed by atoms with Gasteiger partial charge in [-0.1, -0.05) is 44.6 Å². The minimum Gasteiger partial charge on any atom is -0.481 e. The summed E-state index contributed by atoms with van der Waals surface area (Å²) in [5.41, 5.74) is 1.15. The maximum absolute atomic E-state index is 11.0. The highest BCUT2D eigenvalue weighted by molar-refractivity contribution is 5.73. The Hall–Kier alpha value is -1.05. The average Bonchev–Trinajstić information content (AvgIpc) is 2.02. The maximum atomic E-state index is 11.0. The van der Waals surface area contributed by atoms with Gasteiger partial charge in [-0.15, -0.1) is 0 Å². The van der Waals surface area contributed by atoms with Crippen LogP contribution in [0.25, 0.3) is 0 Å². The van der Waals surface area contributed by atoms with Gasteiger partial charge in [-0.2, -0.15) is 0 Å². The van der Waals surface area contributed by atoms with Crippen molar-refractivity contribution >= 4 is 5.97 Å². The van der Waals surface area contributed by atoms with Gasteiger partial charge in [0.2, 0.25) is 0 Å². The second-order valence-electron chi connectivity index (χ2n) is 4.57. The lowest BCUT2D eigenvalue weighted by atomic mass is 9.77. The first-order valence-electron chi connectivity index (χ1n) is 5.07. The fraction of sp³-hybridized carbons (Fsp3) is 0.583. The van der Waals surface area contributed by atoms with Crippen molar-refractivity contribution in [3.05, 3.63) is 23.8 Å². The first-order valence-corrected chi connectivity index (χ1v) is 5.07. The van der Waals surface area contributed by atoms with Crippen LogP contribution in [-0.4, -0.2) is 11.1 Å². The molecule has 0 aromatic carbocycles. The van der Waals surface area contributed by atoms with Gasteiger partial charge < -0.3 is 5.11 Å². The van der Waals surface area contributed by atoms with Crippen LogP contribution in [0.15, 0.2) is 23.8 Å². The van der Waals surface area contributed by atoms with E-state index in [4.69, 9.17) is 5.11 Å². The first-order chi connectivity index (χ1) is 6.46. The lowest BCUT2D eigenvalue weighted by Crippen LogP contribution is -2.21. The number of carboxylic acids is 1. The first kappa shape index (κ1) is 11.0.